The molecule has 0 bridgehead atoms. The van der Waals surface area contributed by atoms with Crippen LogP contribution >= 0.6 is 0 Å². The van der Waals surface area contributed by atoms with Crippen LogP contribution in [-0.4, -0.2) is 36.5 Å². The number of nitrogens with one attached hydrogen (secondary N) is 1. The molecule has 22 heavy (non-hydrogen) atoms. The second-order valence-corrected chi connectivity index (χ2v) is 6.40. The van der Waals surface area contributed by atoms with Gasteiger partial charge in [0.2, 0.25) is 5.91 Å². The van der Waals surface area contributed by atoms with Crippen LogP contribution in [-0.2, 0) is 11.2 Å². The summed E-state index contributed by atoms with van der Waals surface area (Å²) in [6.07, 6.45) is 4.65. The van der Waals surface area contributed by atoms with Gasteiger partial charge in [0.25, 0.3) is 0 Å². The summed E-state index contributed by atoms with van der Waals surface area (Å²) in [5.74, 6) is 0.0962. The number of rotatable bonds is 7. The maximum absolute atomic E-state index is 12.1. The normalized spacial score (nSPS) is 18.1. The highest BCUT2D eigenvalue weighted by atomic mass is 16.2. The second kappa shape index (κ2) is 8.30. The number of anilines is 1. The van der Waals surface area contributed by atoms with E-state index in [4.69, 9.17) is 5.73 Å². The van der Waals surface area contributed by atoms with E-state index < -0.39 is 6.04 Å². The largest absolute Gasteiger partial charge is 0.325 e. The lowest BCUT2D eigenvalue weighted by atomic mass is 9.99. The standard InChI is InChI=1S/C18H29N3O/c1-3-14(2)17(19)18(22)20-16-8-6-15(7-9-16)10-13-21-11-4-5-12-21/h6-9,14,17H,3-5,10-13,19H2,1-2H3,(H,20,22). The molecular formula is C18H29N3O. The monoisotopic (exact) mass is 303 g/mol. The lowest BCUT2D eigenvalue weighted by Gasteiger charge is -2.18. The predicted octanol–water partition coefficient (Wildman–Crippen LogP) is 2.64. The van der Waals surface area contributed by atoms with Crippen LogP contribution in [0.5, 0.6) is 0 Å². The van der Waals surface area contributed by atoms with Crippen molar-refractivity contribution in [1.82, 2.24) is 4.90 Å². The van der Waals surface area contributed by atoms with Crippen LogP contribution in [0.1, 0.15) is 38.7 Å². The molecule has 4 nitrogen and oxygen atoms in total. The van der Waals surface area contributed by atoms with E-state index in [9.17, 15) is 4.79 Å². The molecule has 1 aromatic rings. The number of nitrogens with zero attached hydrogens (tertiary/aromatic N) is 1. The summed E-state index contributed by atoms with van der Waals surface area (Å²) < 4.78 is 0. The first-order valence-corrected chi connectivity index (χ1v) is 8.48. The van der Waals surface area contributed by atoms with Crippen LogP contribution in [0.2, 0.25) is 0 Å². The van der Waals surface area contributed by atoms with Gasteiger partial charge in [0, 0.05) is 12.2 Å². The summed E-state index contributed by atoms with van der Waals surface area (Å²) in [4.78, 5) is 14.6. The minimum absolute atomic E-state index is 0.0980. The van der Waals surface area contributed by atoms with E-state index in [1.807, 2.05) is 26.0 Å². The Hall–Kier alpha value is -1.39. The Morgan fingerprint density at radius 1 is 1.27 bits per heavy atom. The highest BCUT2D eigenvalue weighted by Crippen LogP contribution is 2.14. The molecule has 0 aromatic heterocycles. The average molecular weight is 303 g/mol. The Balaban J connectivity index is 1.82. The van der Waals surface area contributed by atoms with E-state index in [1.165, 1.54) is 31.5 Å². The third kappa shape index (κ3) is 4.82. The minimum atomic E-state index is -0.445. The number of carbonyl (C=O) groups excluding carboxylic acids is 1. The van der Waals surface area contributed by atoms with Crippen LogP contribution < -0.4 is 11.1 Å². The van der Waals surface area contributed by atoms with Crippen molar-refractivity contribution in [2.24, 2.45) is 11.7 Å². The van der Waals surface area contributed by atoms with Crippen molar-refractivity contribution in [3.63, 3.8) is 0 Å². The van der Waals surface area contributed by atoms with Gasteiger partial charge in [0.05, 0.1) is 6.04 Å². The van der Waals surface area contributed by atoms with Gasteiger partial charge >= 0.3 is 0 Å². The first-order chi connectivity index (χ1) is 10.6. The van der Waals surface area contributed by atoms with Crippen molar-refractivity contribution < 1.29 is 4.79 Å². The number of hydrogen-bond acceptors (Lipinski definition) is 3. The summed E-state index contributed by atoms with van der Waals surface area (Å²) in [6.45, 7) is 7.66. The smallest absolute Gasteiger partial charge is 0.241 e. The van der Waals surface area contributed by atoms with Gasteiger partial charge in [-0.1, -0.05) is 32.4 Å². The molecular weight excluding hydrogens is 274 g/mol. The number of benzene rings is 1. The third-order valence-electron chi connectivity index (χ3n) is 4.70. The summed E-state index contributed by atoms with van der Waals surface area (Å²) in [5, 5.41) is 2.91. The average Bonchev–Trinajstić information content (AvgIpc) is 3.06. The molecule has 1 aliphatic heterocycles. The minimum Gasteiger partial charge on any atom is -0.325 e. The second-order valence-electron chi connectivity index (χ2n) is 6.40. The van der Waals surface area contributed by atoms with Gasteiger partial charge in [-0.05, 0) is 56.0 Å². The first-order valence-electron chi connectivity index (χ1n) is 8.48. The molecule has 3 N–H and O–H groups in total. The van der Waals surface area contributed by atoms with Crippen LogP contribution in [0.3, 0.4) is 0 Å². The summed E-state index contributed by atoms with van der Waals surface area (Å²) in [6, 6.07) is 7.70. The molecule has 1 heterocycles. The molecule has 122 valence electrons. The molecule has 4 heteroatoms. The van der Waals surface area contributed by atoms with Crippen LogP contribution in [0.15, 0.2) is 24.3 Å². The lowest BCUT2D eigenvalue weighted by molar-refractivity contribution is -0.118. The maximum atomic E-state index is 12.1. The van der Waals surface area contributed by atoms with Gasteiger partial charge in [0.15, 0.2) is 0 Å². The fraction of sp³-hybridized carbons (Fsp3) is 0.611. The summed E-state index contributed by atoms with van der Waals surface area (Å²) in [5.41, 5.74) is 8.09. The molecule has 0 aliphatic carbocycles. The van der Waals surface area contributed by atoms with E-state index in [0.29, 0.717) is 0 Å². The summed E-state index contributed by atoms with van der Waals surface area (Å²) >= 11 is 0. The van der Waals surface area contributed by atoms with Gasteiger partial charge < -0.3 is 16.0 Å². The Kier molecular flexibility index (Phi) is 6.40. The Bertz CT molecular complexity index is 466. The topological polar surface area (TPSA) is 58.4 Å². The van der Waals surface area contributed by atoms with Gasteiger partial charge in [-0.15, -0.1) is 0 Å². The molecule has 2 atom stereocenters. The fourth-order valence-corrected chi connectivity index (χ4v) is 2.79. The molecule has 0 radical (unpaired) electrons. The van der Waals surface area contributed by atoms with Gasteiger partial charge in [-0.2, -0.15) is 0 Å². The first kappa shape index (κ1) is 17.0. The number of hydrogen-bond donors (Lipinski definition) is 2. The van der Waals surface area contributed by atoms with Gasteiger partial charge in [-0.3, -0.25) is 4.79 Å². The van der Waals surface area contributed by atoms with Crippen molar-refractivity contribution in [1.29, 1.82) is 0 Å². The molecule has 2 unspecified atom stereocenters. The zero-order chi connectivity index (χ0) is 15.9. The van der Waals surface area contributed by atoms with Crippen molar-refractivity contribution in [3.05, 3.63) is 29.8 Å². The van der Waals surface area contributed by atoms with Gasteiger partial charge in [-0.25, -0.2) is 0 Å². The molecule has 1 amide bonds. The Labute approximate surface area is 134 Å². The van der Waals surface area contributed by atoms with E-state index in [1.54, 1.807) is 0 Å². The quantitative estimate of drug-likeness (QED) is 0.814. The molecule has 1 fully saturated rings. The van der Waals surface area contributed by atoms with Crippen LogP contribution in [0, 0.1) is 5.92 Å². The molecule has 1 aromatic carbocycles. The number of likely N-dealkylation sites (tertiary alicyclic amines) is 1. The molecule has 0 saturated carbocycles. The highest BCUT2D eigenvalue weighted by molar-refractivity contribution is 5.94. The van der Waals surface area contributed by atoms with E-state index >= 15 is 0 Å². The number of carbonyl (C=O) groups is 1. The molecule has 1 saturated heterocycles. The van der Waals surface area contributed by atoms with Crippen LogP contribution in [0.25, 0.3) is 0 Å². The molecule has 1 aliphatic rings. The van der Waals surface area contributed by atoms with E-state index in [-0.39, 0.29) is 11.8 Å². The zero-order valence-electron chi connectivity index (χ0n) is 13.8. The van der Waals surface area contributed by atoms with Crippen molar-refractivity contribution >= 4 is 11.6 Å². The third-order valence-corrected chi connectivity index (χ3v) is 4.70. The highest BCUT2D eigenvalue weighted by Gasteiger charge is 2.19. The van der Waals surface area contributed by atoms with Crippen molar-refractivity contribution in [2.45, 2.75) is 45.6 Å². The fourth-order valence-electron chi connectivity index (χ4n) is 2.79. The predicted molar refractivity (Wildman–Crippen MR) is 91.9 cm³/mol. The number of amides is 1. The Morgan fingerprint density at radius 2 is 1.91 bits per heavy atom. The van der Waals surface area contributed by atoms with Crippen molar-refractivity contribution in [2.75, 3.05) is 25.0 Å². The van der Waals surface area contributed by atoms with E-state index in [0.717, 1.165) is 25.1 Å². The van der Waals surface area contributed by atoms with Crippen molar-refractivity contribution in [3.8, 4) is 0 Å². The zero-order valence-corrected chi connectivity index (χ0v) is 13.8. The van der Waals surface area contributed by atoms with E-state index in [2.05, 4.69) is 22.3 Å². The van der Waals surface area contributed by atoms with Gasteiger partial charge in [0.1, 0.15) is 0 Å². The molecule has 0 spiro atoms. The molecule has 2 rings (SSSR count). The number of nitrogens with two attached hydrogens (primary N) is 1. The van der Waals surface area contributed by atoms with Crippen LogP contribution in [0.4, 0.5) is 5.69 Å². The Morgan fingerprint density at radius 3 is 2.50 bits per heavy atom. The summed E-state index contributed by atoms with van der Waals surface area (Å²) in [7, 11) is 0. The SMILES string of the molecule is CCC(C)C(N)C(=O)Nc1ccc(CCN2CCCC2)cc1. The lowest BCUT2D eigenvalue weighted by Crippen LogP contribution is -2.40. The maximum Gasteiger partial charge on any atom is 0.241 e.